The fourth-order valence-electron chi connectivity index (χ4n) is 1.58. The van der Waals surface area contributed by atoms with Crippen LogP contribution in [0.5, 0.6) is 0 Å². The van der Waals surface area contributed by atoms with Crippen molar-refractivity contribution in [2.75, 3.05) is 52.9 Å². The molecule has 0 spiro atoms. The molecule has 114 valence electrons. The molecule has 1 heterocycles. The Hall–Kier alpha value is -0.280. The zero-order valence-electron chi connectivity index (χ0n) is 11.1. The van der Waals surface area contributed by atoms with Crippen molar-refractivity contribution in [3.8, 4) is 0 Å². The Morgan fingerprint density at radius 1 is 1.11 bits per heavy atom. The summed E-state index contributed by atoms with van der Waals surface area (Å²) in [5.41, 5.74) is 0. The summed E-state index contributed by atoms with van der Waals surface area (Å²) >= 11 is 0. The first-order valence-corrected chi connectivity index (χ1v) is 6.55. The molecule has 0 radical (unpaired) electrons. The van der Waals surface area contributed by atoms with E-state index in [4.69, 9.17) is 34.3 Å². The number of aliphatic hydroxyl groups is 3. The molecule has 19 heavy (non-hydrogen) atoms. The van der Waals surface area contributed by atoms with Crippen LogP contribution in [0.2, 0.25) is 0 Å². The highest BCUT2D eigenvalue weighted by Gasteiger charge is 2.22. The number of hydrogen-bond acceptors (Lipinski definition) is 7. The number of ether oxygens (including phenoxy) is 4. The van der Waals surface area contributed by atoms with Crippen LogP contribution in [-0.4, -0.2) is 86.5 Å². The Balaban J connectivity index is 2.05. The van der Waals surface area contributed by atoms with Gasteiger partial charge in [-0.15, -0.1) is 0 Å². The van der Waals surface area contributed by atoms with Gasteiger partial charge in [-0.2, -0.15) is 0 Å². The van der Waals surface area contributed by atoms with Crippen molar-refractivity contribution in [1.29, 1.82) is 0 Å². The maximum atomic E-state index is 9.08. The zero-order valence-corrected chi connectivity index (χ0v) is 11.1. The monoisotopic (exact) mass is 280 g/mol. The van der Waals surface area contributed by atoms with Crippen LogP contribution in [-0.2, 0) is 18.9 Å². The molecule has 0 saturated carbocycles. The van der Waals surface area contributed by atoms with Gasteiger partial charge in [-0.05, 0) is 6.42 Å². The van der Waals surface area contributed by atoms with E-state index in [0.717, 1.165) is 0 Å². The number of rotatable bonds is 10. The van der Waals surface area contributed by atoms with Crippen molar-refractivity contribution < 1.29 is 34.3 Å². The van der Waals surface area contributed by atoms with E-state index < -0.39 is 0 Å². The van der Waals surface area contributed by atoms with Gasteiger partial charge in [0.25, 0.3) is 0 Å². The summed E-state index contributed by atoms with van der Waals surface area (Å²) in [7, 11) is 0. The molecular formula is C12H24O7. The SMILES string of the molecule is OCCCOC(CO)COCC1COC(CO)CO1. The van der Waals surface area contributed by atoms with Gasteiger partial charge >= 0.3 is 0 Å². The molecule has 3 unspecified atom stereocenters. The molecule has 0 aromatic carbocycles. The van der Waals surface area contributed by atoms with Crippen molar-refractivity contribution in [2.24, 2.45) is 0 Å². The Bertz CT molecular complexity index is 201. The quantitative estimate of drug-likeness (QED) is 0.421. The first-order chi connectivity index (χ1) is 9.30. The average molecular weight is 280 g/mol. The van der Waals surface area contributed by atoms with Gasteiger partial charge in [0.1, 0.15) is 18.3 Å². The second-order valence-corrected chi connectivity index (χ2v) is 4.38. The van der Waals surface area contributed by atoms with E-state index in [1.54, 1.807) is 0 Å². The van der Waals surface area contributed by atoms with Crippen LogP contribution in [0.3, 0.4) is 0 Å². The fraction of sp³-hybridized carbons (Fsp3) is 1.00. The molecule has 3 N–H and O–H groups in total. The van der Waals surface area contributed by atoms with Crippen molar-refractivity contribution in [3.05, 3.63) is 0 Å². The number of aliphatic hydroxyl groups excluding tert-OH is 3. The molecule has 0 amide bonds. The summed E-state index contributed by atoms with van der Waals surface area (Å²) < 4.78 is 21.5. The molecule has 1 saturated heterocycles. The number of hydrogen-bond donors (Lipinski definition) is 3. The summed E-state index contributed by atoms with van der Waals surface area (Å²) in [6.07, 6.45) is -0.248. The molecule has 1 aliphatic heterocycles. The molecule has 7 nitrogen and oxygen atoms in total. The standard InChI is InChI=1S/C12H24O7/c13-2-1-3-17-10(4-14)6-16-7-12-9-18-11(5-15)8-19-12/h10-15H,1-9H2. The lowest BCUT2D eigenvalue weighted by molar-refractivity contribution is -0.165. The molecule has 3 atom stereocenters. The molecule has 7 heteroatoms. The van der Waals surface area contributed by atoms with Gasteiger partial charge in [0.15, 0.2) is 0 Å². The maximum Gasteiger partial charge on any atom is 0.104 e. The Morgan fingerprint density at radius 3 is 2.42 bits per heavy atom. The van der Waals surface area contributed by atoms with Crippen LogP contribution in [0.1, 0.15) is 6.42 Å². The second kappa shape index (κ2) is 10.5. The lowest BCUT2D eigenvalue weighted by atomic mass is 10.3. The molecular weight excluding hydrogens is 256 g/mol. The summed E-state index contributed by atoms with van der Waals surface area (Å²) in [5, 5.41) is 26.6. The average Bonchev–Trinajstić information content (AvgIpc) is 2.46. The summed E-state index contributed by atoms with van der Waals surface area (Å²) in [6.45, 7) is 1.67. The Kier molecular flexibility index (Phi) is 9.27. The molecule has 0 bridgehead atoms. The molecule has 0 aromatic heterocycles. The maximum absolute atomic E-state index is 9.08. The van der Waals surface area contributed by atoms with Crippen molar-refractivity contribution >= 4 is 0 Å². The Labute approximate surface area is 113 Å². The van der Waals surface area contributed by atoms with Crippen molar-refractivity contribution in [1.82, 2.24) is 0 Å². The summed E-state index contributed by atoms with van der Waals surface area (Å²) in [4.78, 5) is 0. The molecule has 1 fully saturated rings. The van der Waals surface area contributed by atoms with E-state index in [-0.39, 0.29) is 44.7 Å². The van der Waals surface area contributed by atoms with Crippen LogP contribution in [0, 0.1) is 0 Å². The smallest absolute Gasteiger partial charge is 0.104 e. The van der Waals surface area contributed by atoms with Gasteiger partial charge in [-0.3, -0.25) is 0 Å². The normalized spacial score (nSPS) is 25.4. The van der Waals surface area contributed by atoms with Gasteiger partial charge in [0.2, 0.25) is 0 Å². The summed E-state index contributed by atoms with van der Waals surface area (Å²) in [6, 6.07) is 0. The van der Waals surface area contributed by atoms with Gasteiger partial charge in [0.05, 0.1) is 39.6 Å². The largest absolute Gasteiger partial charge is 0.396 e. The minimum absolute atomic E-state index is 0.0428. The van der Waals surface area contributed by atoms with E-state index in [1.165, 1.54) is 0 Å². The van der Waals surface area contributed by atoms with Crippen LogP contribution in [0.4, 0.5) is 0 Å². The van der Waals surface area contributed by atoms with E-state index in [2.05, 4.69) is 0 Å². The predicted molar refractivity (Wildman–Crippen MR) is 65.9 cm³/mol. The molecule has 0 aromatic rings. The van der Waals surface area contributed by atoms with Gasteiger partial charge < -0.3 is 34.3 Å². The highest BCUT2D eigenvalue weighted by atomic mass is 16.6. The zero-order chi connectivity index (χ0) is 13.9. The highest BCUT2D eigenvalue weighted by Crippen LogP contribution is 2.07. The third-order valence-corrected chi connectivity index (χ3v) is 2.71. The third-order valence-electron chi connectivity index (χ3n) is 2.71. The van der Waals surface area contributed by atoms with Gasteiger partial charge in [-0.25, -0.2) is 0 Å². The van der Waals surface area contributed by atoms with E-state index in [9.17, 15) is 0 Å². The van der Waals surface area contributed by atoms with E-state index >= 15 is 0 Å². The first-order valence-electron chi connectivity index (χ1n) is 6.55. The molecule has 1 aliphatic rings. The van der Waals surface area contributed by atoms with E-state index in [0.29, 0.717) is 32.8 Å². The molecule has 0 aliphatic carbocycles. The minimum atomic E-state index is -0.388. The second-order valence-electron chi connectivity index (χ2n) is 4.38. The third kappa shape index (κ3) is 7.17. The first kappa shape index (κ1) is 16.8. The van der Waals surface area contributed by atoms with E-state index in [1.807, 2.05) is 0 Å². The van der Waals surface area contributed by atoms with Crippen molar-refractivity contribution in [3.63, 3.8) is 0 Å². The Morgan fingerprint density at radius 2 is 1.84 bits per heavy atom. The van der Waals surface area contributed by atoms with Crippen molar-refractivity contribution in [2.45, 2.75) is 24.7 Å². The lowest BCUT2D eigenvalue weighted by Crippen LogP contribution is -2.40. The van der Waals surface area contributed by atoms with Crippen LogP contribution in [0.25, 0.3) is 0 Å². The predicted octanol–water partition coefficient (Wildman–Crippen LogP) is -1.46. The minimum Gasteiger partial charge on any atom is -0.396 e. The van der Waals surface area contributed by atoms with Gasteiger partial charge in [0, 0.05) is 13.2 Å². The van der Waals surface area contributed by atoms with Crippen LogP contribution >= 0.6 is 0 Å². The van der Waals surface area contributed by atoms with Crippen LogP contribution in [0.15, 0.2) is 0 Å². The fourth-order valence-corrected chi connectivity index (χ4v) is 1.58. The highest BCUT2D eigenvalue weighted by molar-refractivity contribution is 4.67. The molecule has 1 rings (SSSR count). The van der Waals surface area contributed by atoms with Gasteiger partial charge in [-0.1, -0.05) is 0 Å². The summed E-state index contributed by atoms with van der Waals surface area (Å²) in [5.74, 6) is 0. The van der Waals surface area contributed by atoms with Crippen LogP contribution < -0.4 is 0 Å². The topological polar surface area (TPSA) is 97.6 Å². The lowest BCUT2D eigenvalue weighted by Gasteiger charge is -2.28.